The van der Waals surface area contributed by atoms with Crippen LogP contribution < -0.4 is 0 Å². The second-order valence-electron chi connectivity index (χ2n) is 6.81. The van der Waals surface area contributed by atoms with Crippen molar-refractivity contribution in [3.8, 4) is 0 Å². The van der Waals surface area contributed by atoms with Gasteiger partial charge in [-0.1, -0.05) is 0 Å². The smallest absolute Gasteiger partial charge is 0.411 e. The number of amides is 1. The topological polar surface area (TPSA) is 82.1 Å². The van der Waals surface area contributed by atoms with Crippen LogP contribution in [0.3, 0.4) is 0 Å². The first kappa shape index (κ1) is 16.6. The molecule has 2 aliphatic rings. The molecule has 3 unspecified atom stereocenters. The van der Waals surface area contributed by atoms with E-state index in [1.165, 1.54) is 19.1 Å². The van der Waals surface area contributed by atoms with E-state index >= 15 is 0 Å². The summed E-state index contributed by atoms with van der Waals surface area (Å²) in [6, 6.07) is -0.388. The third-order valence-corrected chi connectivity index (χ3v) is 4.33. The molecule has 0 radical (unpaired) electrons. The number of carbonyl (C=O) groups is 3. The molecule has 3 atom stereocenters. The number of rotatable bonds is 2. The van der Waals surface area contributed by atoms with Crippen LogP contribution in [-0.4, -0.2) is 54.3 Å². The summed E-state index contributed by atoms with van der Waals surface area (Å²) in [5.74, 6) is -1.44. The van der Waals surface area contributed by atoms with E-state index < -0.39 is 35.1 Å². The van der Waals surface area contributed by atoms with Gasteiger partial charge in [0, 0.05) is 6.04 Å². The lowest BCUT2D eigenvalue weighted by atomic mass is 9.81. The van der Waals surface area contributed by atoms with Crippen LogP contribution in [0.2, 0.25) is 0 Å². The lowest BCUT2D eigenvalue weighted by Gasteiger charge is -2.33. The highest BCUT2D eigenvalue weighted by Crippen LogP contribution is 2.51. The quantitative estimate of drug-likeness (QED) is 0.567. The van der Waals surface area contributed by atoms with Crippen LogP contribution in [0.25, 0.3) is 0 Å². The molecule has 7 nitrogen and oxygen atoms in total. The van der Waals surface area contributed by atoms with Crippen molar-refractivity contribution >= 4 is 18.0 Å². The highest BCUT2D eigenvalue weighted by molar-refractivity contribution is 5.90. The Morgan fingerprint density at radius 2 is 1.77 bits per heavy atom. The van der Waals surface area contributed by atoms with Gasteiger partial charge in [0.05, 0.1) is 20.1 Å². The zero-order valence-electron chi connectivity index (χ0n) is 13.7. The maximum Gasteiger partial charge on any atom is 0.411 e. The minimum Gasteiger partial charge on any atom is -0.469 e. The first-order valence-corrected chi connectivity index (χ1v) is 7.35. The molecule has 0 aromatic rings. The van der Waals surface area contributed by atoms with E-state index in [2.05, 4.69) is 0 Å². The fraction of sp³-hybridized carbons (Fsp3) is 0.800. The van der Waals surface area contributed by atoms with Crippen molar-refractivity contribution < 1.29 is 28.6 Å². The fourth-order valence-electron chi connectivity index (χ4n) is 3.52. The minimum absolute atomic E-state index is 0.219. The lowest BCUT2D eigenvalue weighted by Crippen LogP contribution is -2.52. The number of methoxy groups -OCH3 is 2. The van der Waals surface area contributed by atoms with Crippen LogP contribution in [0, 0.1) is 5.92 Å². The number of carbonyl (C=O) groups excluding carboxylic acids is 3. The molecule has 2 saturated heterocycles. The molecule has 7 heteroatoms. The van der Waals surface area contributed by atoms with E-state index in [0.29, 0.717) is 12.8 Å². The summed E-state index contributed by atoms with van der Waals surface area (Å²) in [4.78, 5) is 38.2. The zero-order chi connectivity index (χ0) is 16.7. The Kier molecular flexibility index (Phi) is 4.10. The van der Waals surface area contributed by atoms with Gasteiger partial charge in [-0.15, -0.1) is 0 Å². The normalized spacial score (nSPS) is 30.1. The van der Waals surface area contributed by atoms with E-state index in [9.17, 15) is 14.4 Å². The lowest BCUT2D eigenvalue weighted by molar-refractivity contribution is -0.152. The minimum atomic E-state index is -1.12. The molecule has 2 bridgehead atoms. The Hall–Kier alpha value is -1.79. The van der Waals surface area contributed by atoms with E-state index in [1.807, 2.05) is 0 Å². The molecule has 0 aromatic carbocycles. The van der Waals surface area contributed by atoms with Gasteiger partial charge in [0.2, 0.25) is 0 Å². The number of hydrogen-bond acceptors (Lipinski definition) is 6. The molecule has 0 aliphatic carbocycles. The molecule has 2 fully saturated rings. The van der Waals surface area contributed by atoms with E-state index in [4.69, 9.17) is 14.2 Å². The van der Waals surface area contributed by atoms with E-state index in [-0.39, 0.29) is 12.5 Å². The van der Waals surface area contributed by atoms with Gasteiger partial charge in [-0.05, 0) is 40.0 Å². The molecular weight excluding hydrogens is 290 g/mol. The molecule has 124 valence electrons. The summed E-state index contributed by atoms with van der Waals surface area (Å²) in [5, 5.41) is 0. The van der Waals surface area contributed by atoms with Crippen LogP contribution in [0.4, 0.5) is 4.79 Å². The van der Waals surface area contributed by atoms with Crippen molar-refractivity contribution in [1.29, 1.82) is 0 Å². The average molecular weight is 313 g/mol. The molecule has 0 N–H and O–H groups in total. The number of hydrogen-bond donors (Lipinski definition) is 0. The largest absolute Gasteiger partial charge is 0.469 e. The number of nitrogens with zero attached hydrogens (tertiary/aromatic N) is 1. The summed E-state index contributed by atoms with van der Waals surface area (Å²) >= 11 is 0. The van der Waals surface area contributed by atoms with Crippen molar-refractivity contribution in [3.05, 3.63) is 0 Å². The third-order valence-electron chi connectivity index (χ3n) is 4.33. The predicted molar refractivity (Wildman–Crippen MR) is 76.0 cm³/mol. The van der Waals surface area contributed by atoms with E-state index in [0.717, 1.165) is 0 Å². The highest BCUT2D eigenvalue weighted by Gasteiger charge is 2.66. The average Bonchev–Trinajstić information content (AvgIpc) is 2.97. The molecule has 1 amide bonds. The van der Waals surface area contributed by atoms with Crippen LogP contribution in [0.15, 0.2) is 0 Å². The Morgan fingerprint density at radius 1 is 1.14 bits per heavy atom. The molecule has 2 heterocycles. The SMILES string of the molecule is COC(=O)C1CC2(C(=O)OC)CCC1N2C(=O)OC(C)(C)C. The Labute approximate surface area is 129 Å². The maximum absolute atomic E-state index is 12.5. The molecule has 2 aliphatic heterocycles. The summed E-state index contributed by atoms with van der Waals surface area (Å²) < 4.78 is 15.1. The standard InChI is InChI=1S/C15H23NO6/c1-14(2,3)22-13(19)16-10-6-7-15(16,12(18)21-5)8-9(10)11(17)20-4/h9-10H,6-8H2,1-5H3. The molecule has 0 aromatic heterocycles. The maximum atomic E-state index is 12.5. The predicted octanol–water partition coefficient (Wildman–Crippen LogP) is 1.49. The Bertz CT molecular complexity index is 497. The summed E-state index contributed by atoms with van der Waals surface area (Å²) in [7, 11) is 2.58. The highest BCUT2D eigenvalue weighted by atomic mass is 16.6. The van der Waals surface area contributed by atoms with Crippen molar-refractivity contribution in [2.24, 2.45) is 5.92 Å². The summed E-state index contributed by atoms with van der Waals surface area (Å²) in [6.45, 7) is 5.27. The Balaban J connectivity index is 2.35. The molecule has 2 rings (SSSR count). The molecular formula is C15H23NO6. The van der Waals surface area contributed by atoms with Crippen molar-refractivity contribution in [2.45, 2.75) is 57.2 Å². The van der Waals surface area contributed by atoms with Gasteiger partial charge in [0.15, 0.2) is 0 Å². The van der Waals surface area contributed by atoms with Crippen LogP contribution >= 0.6 is 0 Å². The van der Waals surface area contributed by atoms with Gasteiger partial charge in [0.1, 0.15) is 11.1 Å². The van der Waals surface area contributed by atoms with Gasteiger partial charge in [-0.25, -0.2) is 9.59 Å². The van der Waals surface area contributed by atoms with Crippen LogP contribution in [0.5, 0.6) is 0 Å². The first-order valence-electron chi connectivity index (χ1n) is 7.35. The summed E-state index contributed by atoms with van der Waals surface area (Å²) in [5.41, 5.74) is -1.81. The first-order chi connectivity index (χ1) is 10.2. The van der Waals surface area contributed by atoms with Gasteiger partial charge in [-0.2, -0.15) is 0 Å². The van der Waals surface area contributed by atoms with Gasteiger partial charge in [-0.3, -0.25) is 9.69 Å². The number of esters is 2. The molecule has 0 spiro atoms. The van der Waals surface area contributed by atoms with Crippen molar-refractivity contribution in [2.75, 3.05) is 14.2 Å². The monoisotopic (exact) mass is 313 g/mol. The van der Waals surface area contributed by atoms with Crippen molar-refractivity contribution in [1.82, 2.24) is 4.90 Å². The molecule has 0 saturated carbocycles. The second-order valence-corrected chi connectivity index (χ2v) is 6.81. The third kappa shape index (κ3) is 2.53. The zero-order valence-corrected chi connectivity index (χ0v) is 13.7. The van der Waals surface area contributed by atoms with E-state index in [1.54, 1.807) is 20.8 Å². The number of fused-ring (bicyclic) bond motifs is 2. The van der Waals surface area contributed by atoms with Crippen LogP contribution in [-0.2, 0) is 23.8 Å². The van der Waals surface area contributed by atoms with Gasteiger partial charge >= 0.3 is 18.0 Å². The van der Waals surface area contributed by atoms with Gasteiger partial charge < -0.3 is 14.2 Å². The Morgan fingerprint density at radius 3 is 2.27 bits per heavy atom. The fourth-order valence-corrected chi connectivity index (χ4v) is 3.52. The second kappa shape index (κ2) is 5.44. The number of ether oxygens (including phenoxy) is 3. The van der Waals surface area contributed by atoms with Crippen LogP contribution in [0.1, 0.15) is 40.0 Å². The van der Waals surface area contributed by atoms with Crippen molar-refractivity contribution in [3.63, 3.8) is 0 Å². The summed E-state index contributed by atoms with van der Waals surface area (Å²) in [6.07, 6.45) is 0.647. The van der Waals surface area contributed by atoms with Gasteiger partial charge in [0.25, 0.3) is 0 Å². The molecule has 22 heavy (non-hydrogen) atoms.